The van der Waals surface area contributed by atoms with Crippen molar-refractivity contribution in [3.63, 3.8) is 0 Å². The number of hydrogen-bond donors (Lipinski definition) is 0. The molecule has 0 aliphatic rings. The molecule has 4 heteroatoms. The van der Waals surface area contributed by atoms with Gasteiger partial charge in [0.1, 0.15) is 11.2 Å². The van der Waals surface area contributed by atoms with Crippen LogP contribution in [0.5, 0.6) is 0 Å². The zero-order valence-corrected chi connectivity index (χ0v) is 41.0. The molecule has 0 unspecified atom stereocenters. The van der Waals surface area contributed by atoms with Gasteiger partial charge in [0, 0.05) is 50.5 Å². The van der Waals surface area contributed by atoms with Crippen molar-refractivity contribution in [3.05, 3.63) is 285 Å². The van der Waals surface area contributed by atoms with Gasteiger partial charge in [-0.1, -0.05) is 218 Å². The third-order valence-corrected chi connectivity index (χ3v) is 14.7. The first-order valence-corrected chi connectivity index (χ1v) is 25.6. The molecule has 12 aromatic carbocycles. The number of fused-ring (bicyclic) bond motifs is 7. The van der Waals surface area contributed by atoms with Crippen molar-refractivity contribution in [2.24, 2.45) is 0 Å². The van der Waals surface area contributed by atoms with E-state index in [0.717, 1.165) is 128 Å². The van der Waals surface area contributed by atoms with Crippen molar-refractivity contribution in [1.29, 1.82) is 0 Å². The van der Waals surface area contributed by atoms with Crippen LogP contribution >= 0.6 is 0 Å². The number of nitrogens with zero attached hydrogens (tertiary/aromatic N) is 2. The first kappa shape index (κ1) is 43.9. The minimum Gasteiger partial charge on any atom is -0.454 e. The molecule has 4 nitrogen and oxygen atoms in total. The molecule has 0 fully saturated rings. The second-order valence-corrected chi connectivity index (χ2v) is 19.1. The summed E-state index contributed by atoms with van der Waals surface area (Å²) in [6.45, 7) is 0.536. The molecule has 2 heterocycles. The van der Waals surface area contributed by atoms with Gasteiger partial charge in [-0.15, -0.1) is 0 Å². The van der Waals surface area contributed by atoms with Crippen LogP contribution in [0.2, 0.25) is 0 Å². The predicted molar refractivity (Wildman–Crippen MR) is 314 cm³/mol. The maximum atomic E-state index is 6.93. The fourth-order valence-corrected chi connectivity index (χ4v) is 11.3. The summed E-state index contributed by atoms with van der Waals surface area (Å²) >= 11 is 0. The largest absolute Gasteiger partial charge is 0.454 e. The summed E-state index contributed by atoms with van der Waals surface area (Å²) in [5, 5.41) is 6.57. The highest BCUT2D eigenvalue weighted by molar-refractivity contribution is 6.13. The van der Waals surface area contributed by atoms with Crippen LogP contribution in [-0.4, -0.2) is 0 Å². The van der Waals surface area contributed by atoms with Crippen LogP contribution in [0.3, 0.4) is 0 Å². The van der Waals surface area contributed by atoms with Crippen LogP contribution in [0.1, 0.15) is 5.56 Å². The average Bonchev–Trinajstić information content (AvgIpc) is 4.07. The van der Waals surface area contributed by atoms with E-state index in [1.807, 2.05) is 12.1 Å². The normalized spacial score (nSPS) is 11.5. The van der Waals surface area contributed by atoms with Crippen molar-refractivity contribution < 1.29 is 8.83 Å². The lowest BCUT2D eigenvalue weighted by molar-refractivity contribution is 0.667. The number of benzene rings is 12. The summed E-state index contributed by atoms with van der Waals surface area (Å²) in [4.78, 5) is 4.90. The molecule has 2 aromatic heterocycles. The third-order valence-electron chi connectivity index (χ3n) is 14.7. The summed E-state index contributed by atoms with van der Waals surface area (Å²) in [7, 11) is 0. The van der Waals surface area contributed by atoms with Gasteiger partial charge >= 0.3 is 0 Å². The lowest BCUT2D eigenvalue weighted by Crippen LogP contribution is -2.18. The number of para-hydroxylation sites is 6. The van der Waals surface area contributed by atoms with Gasteiger partial charge in [0.2, 0.25) is 0 Å². The van der Waals surface area contributed by atoms with Crippen molar-refractivity contribution in [3.8, 4) is 44.5 Å². The molecular formula is C71H48N2O2. The molecule has 14 aromatic rings. The highest BCUT2D eigenvalue weighted by atomic mass is 16.3. The summed E-state index contributed by atoms with van der Waals surface area (Å²) < 4.78 is 13.8. The second kappa shape index (κ2) is 18.6. The van der Waals surface area contributed by atoms with Gasteiger partial charge in [-0.25, -0.2) is 0 Å². The Labute approximate surface area is 435 Å². The Hall–Kier alpha value is -9.90. The summed E-state index contributed by atoms with van der Waals surface area (Å²) in [5.41, 5.74) is 18.7. The molecule has 0 N–H and O–H groups in total. The Morgan fingerprint density at radius 1 is 0.267 bits per heavy atom. The first-order chi connectivity index (χ1) is 37.2. The van der Waals surface area contributed by atoms with Crippen molar-refractivity contribution in [2.75, 3.05) is 9.80 Å². The molecule has 0 atom stereocenters. The van der Waals surface area contributed by atoms with E-state index >= 15 is 0 Å². The Kier molecular flexibility index (Phi) is 10.9. The van der Waals surface area contributed by atoms with E-state index in [2.05, 4.69) is 277 Å². The Balaban J connectivity index is 1.05. The molecule has 75 heavy (non-hydrogen) atoms. The van der Waals surface area contributed by atoms with Crippen LogP contribution in [0, 0.1) is 0 Å². The highest BCUT2D eigenvalue weighted by Gasteiger charge is 2.27. The summed E-state index contributed by atoms with van der Waals surface area (Å²) in [6, 6.07) is 100.0. The smallest absolute Gasteiger partial charge is 0.159 e. The van der Waals surface area contributed by atoms with Gasteiger partial charge in [0.15, 0.2) is 11.2 Å². The van der Waals surface area contributed by atoms with E-state index in [-0.39, 0.29) is 0 Å². The summed E-state index contributed by atoms with van der Waals surface area (Å²) in [6.07, 6.45) is 0. The number of hydrogen-bond acceptors (Lipinski definition) is 4. The van der Waals surface area contributed by atoms with Crippen LogP contribution in [0.25, 0.3) is 99.2 Å². The Morgan fingerprint density at radius 3 is 1.25 bits per heavy atom. The predicted octanol–water partition coefficient (Wildman–Crippen LogP) is 20.1. The minimum absolute atomic E-state index is 0.536. The van der Waals surface area contributed by atoms with E-state index in [4.69, 9.17) is 8.83 Å². The monoisotopic (exact) mass is 960 g/mol. The van der Waals surface area contributed by atoms with Crippen molar-refractivity contribution >= 4 is 83.1 Å². The number of furan rings is 2. The maximum Gasteiger partial charge on any atom is 0.159 e. The standard InChI is InChI=1S/C71H48N2O2/c1-5-23-48(24-6-1)55-31-13-17-37-63(55)72(65-39-21-35-59-57-33-15-19-41-68(57)74-70(59)65)47-54-43-52-46-67(62(51-29-11-4-12-30-51)45-53(52)44-61(54)50-27-9-3-10-28-50)73(64-38-18-14-32-56(64)49-25-7-2-8-26-49)66-40-22-36-60-58-34-16-20-42-69(58)75-71(60)66/h1-46H,47H2. The van der Waals surface area contributed by atoms with Crippen LogP contribution in [-0.2, 0) is 6.54 Å². The topological polar surface area (TPSA) is 32.8 Å². The van der Waals surface area contributed by atoms with E-state index in [1.54, 1.807) is 0 Å². The molecule has 0 radical (unpaired) electrons. The Morgan fingerprint density at radius 2 is 0.667 bits per heavy atom. The third kappa shape index (κ3) is 7.79. The lowest BCUT2D eigenvalue weighted by atomic mass is 9.91. The van der Waals surface area contributed by atoms with Gasteiger partial charge in [0.05, 0.1) is 22.7 Å². The van der Waals surface area contributed by atoms with E-state index in [1.165, 1.54) is 5.56 Å². The van der Waals surface area contributed by atoms with Crippen LogP contribution in [0.4, 0.5) is 28.4 Å². The fourth-order valence-electron chi connectivity index (χ4n) is 11.3. The second-order valence-electron chi connectivity index (χ2n) is 19.1. The van der Waals surface area contributed by atoms with Crippen molar-refractivity contribution in [2.45, 2.75) is 6.54 Å². The molecule has 0 aliphatic carbocycles. The maximum absolute atomic E-state index is 6.93. The van der Waals surface area contributed by atoms with Crippen molar-refractivity contribution in [1.82, 2.24) is 0 Å². The Bertz CT molecular complexity index is 4390. The molecular weight excluding hydrogens is 913 g/mol. The average molecular weight is 961 g/mol. The summed E-state index contributed by atoms with van der Waals surface area (Å²) in [5.74, 6) is 0. The number of rotatable bonds is 11. The lowest BCUT2D eigenvalue weighted by Gasteiger charge is -2.31. The molecule has 0 aliphatic heterocycles. The van der Waals surface area contributed by atoms with Gasteiger partial charge < -0.3 is 18.6 Å². The van der Waals surface area contributed by atoms with Gasteiger partial charge in [-0.2, -0.15) is 0 Å². The minimum atomic E-state index is 0.536. The van der Waals surface area contributed by atoms with Gasteiger partial charge in [-0.3, -0.25) is 0 Å². The highest BCUT2D eigenvalue weighted by Crippen LogP contribution is 2.50. The van der Waals surface area contributed by atoms with Gasteiger partial charge in [0.25, 0.3) is 0 Å². The quantitative estimate of drug-likeness (QED) is 0.129. The van der Waals surface area contributed by atoms with E-state index in [9.17, 15) is 0 Å². The molecule has 14 rings (SSSR count). The molecule has 0 bridgehead atoms. The fraction of sp³-hybridized carbons (Fsp3) is 0.0141. The van der Waals surface area contributed by atoms with E-state index in [0.29, 0.717) is 6.54 Å². The van der Waals surface area contributed by atoms with E-state index < -0.39 is 0 Å². The zero-order valence-electron chi connectivity index (χ0n) is 41.0. The van der Waals surface area contributed by atoms with Crippen LogP contribution in [0.15, 0.2) is 288 Å². The number of anilines is 5. The van der Waals surface area contributed by atoms with Crippen LogP contribution < -0.4 is 9.80 Å². The zero-order chi connectivity index (χ0) is 49.7. The molecule has 354 valence electrons. The SMILES string of the molecule is c1ccc(-c2cc3cc(-c4ccccc4)c(N(c4ccccc4-c4ccccc4)c4cccc5c4oc4ccccc45)cc3cc2CN(c2ccccc2-c2ccccc2)c2cccc3c2oc2ccccc23)cc1. The van der Waals surface area contributed by atoms with Gasteiger partial charge in [-0.05, 0) is 105 Å². The first-order valence-electron chi connectivity index (χ1n) is 25.6. The molecule has 0 saturated heterocycles. The molecule has 0 spiro atoms. The molecule has 0 amide bonds. The molecule has 0 saturated carbocycles.